The van der Waals surface area contributed by atoms with Crippen LogP contribution in [0.25, 0.3) is 0 Å². The summed E-state index contributed by atoms with van der Waals surface area (Å²) in [6.45, 7) is 2.28. The van der Waals surface area contributed by atoms with Gasteiger partial charge in [0.15, 0.2) is 6.79 Å². The average molecular weight is 535 g/mol. The Morgan fingerprint density at radius 2 is 2.00 bits per heavy atom. The number of carbonyl (C=O) groups is 2. The molecule has 0 spiro atoms. The topological polar surface area (TPSA) is 116 Å². The first kappa shape index (κ1) is 28.7. The highest BCUT2D eigenvalue weighted by Gasteiger charge is 2.55. The summed E-state index contributed by atoms with van der Waals surface area (Å²) in [5, 5.41) is -5.03. The van der Waals surface area contributed by atoms with Gasteiger partial charge in [0.2, 0.25) is 0 Å². The van der Waals surface area contributed by atoms with Gasteiger partial charge in [-0.05, 0) is 81.6 Å². The number of esters is 2. The lowest BCUT2D eigenvalue weighted by molar-refractivity contribution is -0.166. The van der Waals surface area contributed by atoms with Crippen molar-refractivity contribution in [1.29, 1.82) is 0 Å². The molecule has 0 heterocycles. The molecule has 0 amide bonds. The van der Waals surface area contributed by atoms with Crippen molar-refractivity contribution in [3.05, 3.63) is 23.3 Å². The van der Waals surface area contributed by atoms with Gasteiger partial charge in [-0.3, -0.25) is 9.35 Å². The number of hydrogen-bond acceptors (Lipinski definition) is 7. The van der Waals surface area contributed by atoms with E-state index in [2.05, 4.69) is 6.08 Å². The van der Waals surface area contributed by atoms with E-state index in [-0.39, 0.29) is 31.5 Å². The highest BCUT2D eigenvalue weighted by molar-refractivity contribution is 7.87. The number of alkyl halides is 2. The fraction of sp³-hybridized carbons (Fsp3) is 0.760. The summed E-state index contributed by atoms with van der Waals surface area (Å²) in [6.07, 6.45) is 11.5. The zero-order valence-corrected chi connectivity index (χ0v) is 21.4. The van der Waals surface area contributed by atoms with Gasteiger partial charge in [0.1, 0.15) is 6.10 Å². The van der Waals surface area contributed by atoms with E-state index in [1.54, 1.807) is 6.08 Å². The maximum absolute atomic E-state index is 13.6. The van der Waals surface area contributed by atoms with Crippen LogP contribution in [-0.4, -0.2) is 49.7 Å². The fourth-order valence-electron chi connectivity index (χ4n) is 5.49. The summed E-state index contributed by atoms with van der Waals surface area (Å²) in [5.74, 6) is -1.49. The molecule has 2 saturated carbocycles. The van der Waals surface area contributed by atoms with Crippen molar-refractivity contribution in [2.75, 3.05) is 13.4 Å². The van der Waals surface area contributed by atoms with Crippen molar-refractivity contribution in [3.63, 3.8) is 0 Å². The van der Waals surface area contributed by atoms with Gasteiger partial charge in [-0.1, -0.05) is 24.6 Å². The van der Waals surface area contributed by atoms with Gasteiger partial charge >= 0.3 is 27.3 Å². The van der Waals surface area contributed by atoms with Crippen LogP contribution in [0.3, 0.4) is 0 Å². The Hall–Kier alpha value is -1.85. The normalized spacial score (nSPS) is 27.9. The monoisotopic (exact) mass is 534 g/mol. The van der Waals surface area contributed by atoms with Crippen molar-refractivity contribution in [2.24, 2.45) is 17.8 Å². The highest BCUT2D eigenvalue weighted by atomic mass is 32.2. The summed E-state index contributed by atoms with van der Waals surface area (Å²) in [6, 6.07) is 0. The van der Waals surface area contributed by atoms with E-state index in [9.17, 15) is 26.8 Å². The van der Waals surface area contributed by atoms with Crippen LogP contribution in [0.1, 0.15) is 77.6 Å². The minimum absolute atomic E-state index is 0.0570. The van der Waals surface area contributed by atoms with Crippen molar-refractivity contribution < 1.29 is 45.6 Å². The number of halogens is 2. The van der Waals surface area contributed by atoms with Gasteiger partial charge in [-0.25, -0.2) is 4.79 Å². The van der Waals surface area contributed by atoms with Crippen molar-refractivity contribution in [3.8, 4) is 0 Å². The number of rotatable bonds is 11. The van der Waals surface area contributed by atoms with Crippen LogP contribution in [0.4, 0.5) is 8.78 Å². The van der Waals surface area contributed by atoms with Crippen LogP contribution in [0, 0.1) is 17.8 Å². The third kappa shape index (κ3) is 7.82. The fourth-order valence-corrected chi connectivity index (χ4v) is 5.75. The molecule has 0 aromatic carbocycles. The number of fused-ring (bicyclic) bond motifs is 2. The zero-order chi connectivity index (χ0) is 26.3. The molecule has 36 heavy (non-hydrogen) atoms. The van der Waals surface area contributed by atoms with Gasteiger partial charge in [-0.15, -0.1) is 0 Å². The molecule has 2 bridgehead atoms. The second kappa shape index (κ2) is 12.6. The first-order valence-electron chi connectivity index (χ1n) is 12.7. The molecule has 0 aromatic rings. The minimum atomic E-state index is -5.92. The van der Waals surface area contributed by atoms with Gasteiger partial charge in [0, 0.05) is 12.3 Å². The van der Waals surface area contributed by atoms with Crippen LogP contribution in [0.5, 0.6) is 0 Å². The van der Waals surface area contributed by atoms with Crippen LogP contribution in [0.2, 0.25) is 0 Å². The molecule has 204 valence electrons. The maximum Gasteiger partial charge on any atom is 0.465 e. The molecule has 0 radical (unpaired) electrons. The first-order chi connectivity index (χ1) is 17.0. The molecule has 8 nitrogen and oxygen atoms in total. The summed E-state index contributed by atoms with van der Waals surface area (Å²) >= 11 is 0. The SMILES string of the molecule is CC/C=C1\CC(CCC(=O)OCOCC2C=C3CCCC(C3)C2)CCC1OC(=O)C(F)(F)S(=O)(=O)O. The first-order valence-corrected chi connectivity index (χ1v) is 14.1. The molecule has 2 fully saturated rings. The molecule has 0 aromatic heterocycles. The van der Waals surface area contributed by atoms with E-state index >= 15 is 0 Å². The largest absolute Gasteiger partial charge is 0.465 e. The lowest BCUT2D eigenvalue weighted by atomic mass is 9.75. The molecule has 0 aliphatic heterocycles. The Bertz CT molecular complexity index is 959. The van der Waals surface area contributed by atoms with E-state index in [1.807, 2.05) is 6.92 Å². The Morgan fingerprint density at radius 1 is 1.22 bits per heavy atom. The molecule has 0 saturated heterocycles. The van der Waals surface area contributed by atoms with E-state index in [4.69, 9.17) is 18.8 Å². The summed E-state index contributed by atoms with van der Waals surface area (Å²) in [5.41, 5.74) is 2.12. The van der Waals surface area contributed by atoms with E-state index in [0.29, 0.717) is 43.8 Å². The molecule has 3 aliphatic carbocycles. The Balaban J connectivity index is 1.38. The third-order valence-electron chi connectivity index (χ3n) is 7.21. The van der Waals surface area contributed by atoms with E-state index in [1.165, 1.54) is 31.3 Å². The number of ether oxygens (including phenoxy) is 3. The van der Waals surface area contributed by atoms with Gasteiger partial charge in [0.25, 0.3) is 0 Å². The van der Waals surface area contributed by atoms with Crippen LogP contribution in [0.15, 0.2) is 23.3 Å². The summed E-state index contributed by atoms with van der Waals surface area (Å²) in [7, 11) is -5.92. The maximum atomic E-state index is 13.6. The third-order valence-corrected chi connectivity index (χ3v) is 8.03. The van der Waals surface area contributed by atoms with Crippen LogP contribution in [-0.2, 0) is 33.9 Å². The second-order valence-corrected chi connectivity index (χ2v) is 11.5. The highest BCUT2D eigenvalue weighted by Crippen LogP contribution is 2.38. The lowest BCUT2D eigenvalue weighted by Gasteiger charge is -2.32. The smallest absolute Gasteiger partial charge is 0.452 e. The molecule has 4 atom stereocenters. The number of carbonyl (C=O) groups excluding carboxylic acids is 2. The molecule has 4 unspecified atom stereocenters. The Labute approximate surface area is 211 Å². The van der Waals surface area contributed by atoms with Crippen molar-refractivity contribution in [2.45, 2.75) is 88.9 Å². The minimum Gasteiger partial charge on any atom is -0.452 e. The molecule has 3 rings (SSSR count). The van der Waals surface area contributed by atoms with E-state index in [0.717, 1.165) is 12.3 Å². The van der Waals surface area contributed by atoms with Gasteiger partial charge in [0.05, 0.1) is 6.61 Å². The second-order valence-electron chi connectivity index (χ2n) is 10.0. The number of allylic oxidation sites excluding steroid dienone is 2. The number of hydrogen-bond donors (Lipinski definition) is 1. The standard InChI is InChI=1S/C25H36F2O8S/c1-2-4-21-14-17(7-9-22(21)35-24(29)25(26,27)36(30,31)32)8-10-23(28)34-16-33-15-20-12-18-5-3-6-19(11-18)13-20/h4,12,17,19-20,22H,2-3,5-11,13-16H2,1H3,(H,30,31,32)/b21-4+. The molecule has 1 N–H and O–H groups in total. The van der Waals surface area contributed by atoms with Crippen LogP contribution >= 0.6 is 0 Å². The Kier molecular flexibility index (Phi) is 10.1. The van der Waals surface area contributed by atoms with E-state index < -0.39 is 27.4 Å². The van der Waals surface area contributed by atoms with Crippen molar-refractivity contribution >= 4 is 22.1 Å². The van der Waals surface area contributed by atoms with Crippen LogP contribution < -0.4 is 0 Å². The van der Waals surface area contributed by atoms with Crippen molar-refractivity contribution in [1.82, 2.24) is 0 Å². The summed E-state index contributed by atoms with van der Waals surface area (Å²) in [4.78, 5) is 23.8. The zero-order valence-electron chi connectivity index (χ0n) is 20.6. The van der Waals surface area contributed by atoms with Gasteiger partial charge < -0.3 is 14.2 Å². The predicted octanol–water partition coefficient (Wildman–Crippen LogP) is 4.95. The molecule has 11 heteroatoms. The molecular formula is C25H36F2O8S. The molecule has 3 aliphatic rings. The van der Waals surface area contributed by atoms with Gasteiger partial charge in [-0.2, -0.15) is 17.2 Å². The summed E-state index contributed by atoms with van der Waals surface area (Å²) < 4.78 is 72.9. The lowest BCUT2D eigenvalue weighted by Crippen LogP contribution is -2.41. The quantitative estimate of drug-likeness (QED) is 0.130. The predicted molar refractivity (Wildman–Crippen MR) is 126 cm³/mol. The Morgan fingerprint density at radius 3 is 2.69 bits per heavy atom. The average Bonchev–Trinajstić information content (AvgIpc) is 2.81. The molecular weight excluding hydrogens is 498 g/mol.